The highest BCUT2D eigenvalue weighted by Gasteiger charge is 2.58. The first-order valence-corrected chi connectivity index (χ1v) is 9.69. The van der Waals surface area contributed by atoms with Crippen molar-refractivity contribution in [3.05, 3.63) is 12.2 Å². The summed E-state index contributed by atoms with van der Waals surface area (Å²) in [7, 11) is 4.95. The Morgan fingerprint density at radius 3 is 2.31 bits per heavy atom. The molecule has 29 heavy (non-hydrogen) atoms. The summed E-state index contributed by atoms with van der Waals surface area (Å²) in [5.74, 6) is 0.316. The third kappa shape index (κ3) is 5.08. The number of halogens is 1. The molecular weight excluding hydrogens is 489 g/mol. The minimum atomic E-state index is -0.173. The number of carbonyl (C=O) groups is 3. The number of amides is 3. The van der Waals surface area contributed by atoms with Crippen molar-refractivity contribution in [1.29, 1.82) is 0 Å². The smallest absolute Gasteiger partial charge is 0.243 e. The fourth-order valence-corrected chi connectivity index (χ4v) is 4.20. The quantitative estimate of drug-likeness (QED) is 0.114. The summed E-state index contributed by atoms with van der Waals surface area (Å²) in [5, 5.41) is 6.17. The van der Waals surface area contributed by atoms with Crippen LogP contribution in [0.1, 0.15) is 6.42 Å². The SMILES string of the molecule is COCCNC(=NCC(=O)N(C)C)NCCN1C(=O)C2C3C=CC(C3)C2C1=O.I. The molecule has 2 N–H and O–H groups in total. The zero-order valence-corrected chi connectivity index (χ0v) is 19.4. The van der Waals surface area contributed by atoms with E-state index >= 15 is 0 Å². The molecule has 0 spiro atoms. The zero-order chi connectivity index (χ0) is 20.3. The average molecular weight is 519 g/mol. The van der Waals surface area contributed by atoms with Gasteiger partial charge in [-0.2, -0.15) is 0 Å². The lowest BCUT2D eigenvalue weighted by molar-refractivity contribution is -0.140. The minimum Gasteiger partial charge on any atom is -0.383 e. The van der Waals surface area contributed by atoms with Gasteiger partial charge in [0.1, 0.15) is 6.54 Å². The molecule has 1 saturated heterocycles. The summed E-state index contributed by atoms with van der Waals surface area (Å²) in [6, 6.07) is 0. The number of nitrogens with zero attached hydrogens (tertiary/aromatic N) is 3. The predicted molar refractivity (Wildman–Crippen MR) is 119 cm³/mol. The van der Waals surface area contributed by atoms with E-state index in [-0.39, 0.29) is 78.5 Å². The Hall–Kier alpha value is -1.69. The molecule has 10 heteroatoms. The third-order valence-corrected chi connectivity index (χ3v) is 5.66. The first-order valence-electron chi connectivity index (χ1n) is 9.69. The summed E-state index contributed by atoms with van der Waals surface area (Å²) in [5.41, 5.74) is 0. The number of rotatable bonds is 8. The van der Waals surface area contributed by atoms with Crippen LogP contribution in [0.2, 0.25) is 0 Å². The maximum absolute atomic E-state index is 12.7. The van der Waals surface area contributed by atoms with Crippen molar-refractivity contribution < 1.29 is 19.1 Å². The second kappa shape index (κ2) is 10.4. The minimum absolute atomic E-state index is 0. The Balaban J connectivity index is 0.00000300. The molecule has 4 unspecified atom stereocenters. The number of hydrogen-bond donors (Lipinski definition) is 2. The molecule has 4 atom stereocenters. The Kier molecular flexibility index (Phi) is 8.44. The molecule has 1 saturated carbocycles. The van der Waals surface area contributed by atoms with Gasteiger partial charge >= 0.3 is 0 Å². The van der Waals surface area contributed by atoms with Crippen molar-refractivity contribution >= 4 is 47.7 Å². The Labute approximate surface area is 188 Å². The normalized spacial score (nSPS) is 27.1. The standard InChI is InChI=1S/C19H29N5O4.HI/c1-23(2)14(25)11-22-19(21-7-9-28-3)20-6-8-24-17(26)15-12-4-5-13(10-12)16(15)18(24)27;/h4-5,12-13,15-16H,6-11H2,1-3H3,(H2,20,21,22);1H. The maximum atomic E-state index is 12.7. The number of likely N-dealkylation sites (tertiary alicyclic amines) is 1. The molecule has 2 bridgehead atoms. The van der Waals surface area contributed by atoms with Gasteiger partial charge in [-0.1, -0.05) is 12.2 Å². The van der Waals surface area contributed by atoms with Crippen LogP contribution in [0.5, 0.6) is 0 Å². The molecule has 1 aliphatic heterocycles. The first kappa shape index (κ1) is 23.6. The highest BCUT2D eigenvalue weighted by atomic mass is 127. The molecule has 2 fully saturated rings. The number of nitrogens with one attached hydrogen (secondary N) is 2. The molecule has 0 aromatic rings. The van der Waals surface area contributed by atoms with Gasteiger partial charge in [0.05, 0.1) is 18.4 Å². The number of ether oxygens (including phenoxy) is 1. The Morgan fingerprint density at radius 2 is 1.76 bits per heavy atom. The van der Waals surface area contributed by atoms with E-state index in [2.05, 4.69) is 27.8 Å². The van der Waals surface area contributed by atoms with Gasteiger partial charge in [0, 0.05) is 40.8 Å². The molecular formula is C19H30IN5O4. The van der Waals surface area contributed by atoms with Crippen molar-refractivity contribution in [3.63, 3.8) is 0 Å². The van der Waals surface area contributed by atoms with Gasteiger partial charge < -0.3 is 20.3 Å². The topological polar surface area (TPSA) is 103 Å². The number of likely N-dealkylation sites (N-methyl/N-ethyl adjacent to an activating group) is 1. The molecule has 9 nitrogen and oxygen atoms in total. The van der Waals surface area contributed by atoms with Gasteiger partial charge in [-0.05, 0) is 18.3 Å². The highest BCUT2D eigenvalue weighted by Crippen LogP contribution is 2.52. The van der Waals surface area contributed by atoms with Crippen LogP contribution in [0, 0.1) is 23.7 Å². The van der Waals surface area contributed by atoms with Crippen LogP contribution in [0.15, 0.2) is 17.1 Å². The zero-order valence-electron chi connectivity index (χ0n) is 17.1. The molecule has 2 aliphatic carbocycles. The third-order valence-electron chi connectivity index (χ3n) is 5.66. The van der Waals surface area contributed by atoms with E-state index in [0.29, 0.717) is 25.7 Å². The molecule has 3 aliphatic rings. The highest BCUT2D eigenvalue weighted by molar-refractivity contribution is 14.0. The Bertz CT molecular complexity index is 666. The number of aliphatic imine (C=N–C) groups is 1. The molecule has 0 radical (unpaired) electrons. The van der Waals surface area contributed by atoms with Gasteiger partial charge in [0.15, 0.2) is 5.96 Å². The number of guanidine groups is 1. The van der Waals surface area contributed by atoms with E-state index in [0.717, 1.165) is 6.42 Å². The van der Waals surface area contributed by atoms with E-state index < -0.39 is 0 Å². The fourth-order valence-electron chi connectivity index (χ4n) is 4.20. The van der Waals surface area contributed by atoms with Gasteiger partial charge in [0.2, 0.25) is 17.7 Å². The molecule has 0 aromatic carbocycles. The largest absolute Gasteiger partial charge is 0.383 e. The number of imide groups is 1. The summed E-state index contributed by atoms with van der Waals surface area (Å²) < 4.78 is 5.01. The van der Waals surface area contributed by atoms with E-state index in [4.69, 9.17) is 4.74 Å². The van der Waals surface area contributed by atoms with Crippen molar-refractivity contribution in [2.45, 2.75) is 6.42 Å². The monoisotopic (exact) mass is 519 g/mol. The molecule has 3 rings (SSSR count). The average Bonchev–Trinajstić information content (AvgIpc) is 3.34. The van der Waals surface area contributed by atoms with Crippen LogP contribution in [0.3, 0.4) is 0 Å². The fraction of sp³-hybridized carbons (Fsp3) is 0.684. The van der Waals surface area contributed by atoms with E-state index in [1.54, 1.807) is 21.2 Å². The lowest BCUT2D eigenvalue weighted by Gasteiger charge is -2.19. The van der Waals surface area contributed by atoms with Gasteiger partial charge in [-0.15, -0.1) is 24.0 Å². The molecule has 3 amide bonds. The van der Waals surface area contributed by atoms with Crippen molar-refractivity contribution in [3.8, 4) is 0 Å². The van der Waals surface area contributed by atoms with Crippen LogP contribution >= 0.6 is 24.0 Å². The van der Waals surface area contributed by atoms with Gasteiger partial charge in [-0.25, -0.2) is 4.99 Å². The lowest BCUT2D eigenvalue weighted by Crippen LogP contribution is -2.44. The summed E-state index contributed by atoms with van der Waals surface area (Å²) in [4.78, 5) is 44.3. The van der Waals surface area contributed by atoms with Crippen LogP contribution < -0.4 is 10.6 Å². The maximum Gasteiger partial charge on any atom is 0.243 e. The number of allylic oxidation sites excluding steroid dienone is 2. The first-order chi connectivity index (χ1) is 13.4. The second-order valence-corrected chi connectivity index (χ2v) is 7.63. The van der Waals surface area contributed by atoms with Crippen LogP contribution in [0.4, 0.5) is 0 Å². The number of fused-ring (bicyclic) bond motifs is 5. The van der Waals surface area contributed by atoms with E-state index in [9.17, 15) is 14.4 Å². The summed E-state index contributed by atoms with van der Waals surface area (Å²) in [6.07, 6.45) is 5.11. The molecule has 162 valence electrons. The summed E-state index contributed by atoms with van der Waals surface area (Å²) >= 11 is 0. The number of carbonyl (C=O) groups excluding carboxylic acids is 3. The number of hydrogen-bond acceptors (Lipinski definition) is 5. The van der Waals surface area contributed by atoms with Crippen LogP contribution in [-0.2, 0) is 19.1 Å². The Morgan fingerprint density at radius 1 is 1.17 bits per heavy atom. The predicted octanol–water partition coefficient (Wildman–Crippen LogP) is -0.319. The molecule has 0 aromatic heterocycles. The summed E-state index contributed by atoms with van der Waals surface area (Å²) in [6.45, 7) is 1.69. The van der Waals surface area contributed by atoms with E-state index in [1.807, 2.05) is 0 Å². The number of methoxy groups -OCH3 is 1. The van der Waals surface area contributed by atoms with Gasteiger partial charge in [0.25, 0.3) is 0 Å². The van der Waals surface area contributed by atoms with Crippen LogP contribution in [-0.4, -0.2) is 87.5 Å². The van der Waals surface area contributed by atoms with Crippen molar-refractivity contribution in [1.82, 2.24) is 20.4 Å². The van der Waals surface area contributed by atoms with Gasteiger partial charge in [-0.3, -0.25) is 19.3 Å². The van der Waals surface area contributed by atoms with E-state index in [1.165, 1.54) is 9.80 Å². The second-order valence-electron chi connectivity index (χ2n) is 7.63. The van der Waals surface area contributed by atoms with Crippen molar-refractivity contribution in [2.24, 2.45) is 28.7 Å². The lowest BCUT2D eigenvalue weighted by atomic mass is 9.85. The van der Waals surface area contributed by atoms with Crippen molar-refractivity contribution in [2.75, 3.05) is 54.0 Å². The molecule has 1 heterocycles. The van der Waals surface area contributed by atoms with Crippen LogP contribution in [0.25, 0.3) is 0 Å².